The van der Waals surface area contributed by atoms with Crippen LogP contribution in [0.15, 0.2) is 26.9 Å². The van der Waals surface area contributed by atoms with Crippen LogP contribution in [0.4, 0.5) is 0 Å². The SMILES string of the molecule is CSc1cc2ccc(Br)c(Cl)c2s1. The van der Waals surface area contributed by atoms with Crippen LogP contribution in [-0.2, 0) is 0 Å². The molecule has 0 aliphatic heterocycles. The van der Waals surface area contributed by atoms with Crippen LogP contribution in [0.25, 0.3) is 10.1 Å². The summed E-state index contributed by atoms with van der Waals surface area (Å²) in [5, 5.41) is 2.05. The first-order valence-corrected chi connectivity index (χ1v) is 6.85. The first kappa shape index (κ1) is 9.84. The lowest BCUT2D eigenvalue weighted by atomic mass is 10.3. The molecule has 2 rings (SSSR count). The minimum absolute atomic E-state index is 0.822. The molecule has 2 aromatic rings. The molecule has 1 aromatic carbocycles. The van der Waals surface area contributed by atoms with Gasteiger partial charge in [-0.05, 0) is 39.7 Å². The van der Waals surface area contributed by atoms with E-state index in [9.17, 15) is 0 Å². The van der Waals surface area contributed by atoms with Crippen LogP contribution in [0, 0.1) is 0 Å². The molecule has 0 bridgehead atoms. The van der Waals surface area contributed by atoms with Crippen molar-refractivity contribution in [3.05, 3.63) is 27.7 Å². The van der Waals surface area contributed by atoms with Crippen LogP contribution >= 0.6 is 50.6 Å². The highest BCUT2D eigenvalue weighted by Gasteiger charge is 2.06. The molecule has 0 spiro atoms. The summed E-state index contributed by atoms with van der Waals surface area (Å²) in [5.41, 5.74) is 0. The number of thioether (sulfide) groups is 1. The molecule has 1 aromatic heterocycles. The summed E-state index contributed by atoms with van der Waals surface area (Å²) in [7, 11) is 0. The molecule has 0 unspecified atom stereocenters. The molecule has 0 radical (unpaired) electrons. The standard InChI is InChI=1S/C9H6BrClS2/c1-12-7-4-5-2-3-6(10)8(11)9(5)13-7/h2-4H,1H3. The Kier molecular flexibility index (Phi) is 2.88. The van der Waals surface area contributed by atoms with Crippen LogP contribution in [0.1, 0.15) is 0 Å². The predicted molar refractivity (Wildman–Crippen MR) is 66.3 cm³/mol. The maximum atomic E-state index is 6.15. The maximum Gasteiger partial charge on any atom is 0.0726 e. The molecular formula is C9H6BrClS2. The number of benzene rings is 1. The molecule has 0 atom stereocenters. The van der Waals surface area contributed by atoms with Crippen molar-refractivity contribution in [2.75, 3.05) is 6.26 Å². The van der Waals surface area contributed by atoms with E-state index in [4.69, 9.17) is 11.6 Å². The second-order valence-corrected chi connectivity index (χ2v) is 5.94. The second-order valence-electron chi connectivity index (χ2n) is 2.55. The van der Waals surface area contributed by atoms with Crippen molar-refractivity contribution in [3.8, 4) is 0 Å². The third-order valence-electron chi connectivity index (χ3n) is 1.76. The van der Waals surface area contributed by atoms with Crippen molar-refractivity contribution in [1.82, 2.24) is 0 Å². The Labute approximate surface area is 98.4 Å². The summed E-state index contributed by atoms with van der Waals surface area (Å²) in [6.07, 6.45) is 2.08. The van der Waals surface area contributed by atoms with E-state index in [0.29, 0.717) is 0 Å². The van der Waals surface area contributed by atoms with Gasteiger partial charge in [-0.3, -0.25) is 0 Å². The number of fused-ring (bicyclic) bond motifs is 1. The van der Waals surface area contributed by atoms with Crippen molar-refractivity contribution in [1.29, 1.82) is 0 Å². The van der Waals surface area contributed by atoms with Crippen molar-refractivity contribution < 1.29 is 0 Å². The third-order valence-corrected chi connectivity index (χ3v) is 5.38. The predicted octanol–water partition coefficient (Wildman–Crippen LogP) is 5.04. The molecule has 0 aliphatic rings. The third kappa shape index (κ3) is 1.75. The van der Waals surface area contributed by atoms with E-state index in [-0.39, 0.29) is 0 Å². The van der Waals surface area contributed by atoms with Crippen LogP contribution in [0.2, 0.25) is 5.02 Å². The quantitative estimate of drug-likeness (QED) is 0.664. The lowest BCUT2D eigenvalue weighted by Crippen LogP contribution is -1.67. The second kappa shape index (κ2) is 3.81. The first-order chi connectivity index (χ1) is 6.22. The average molecular weight is 294 g/mol. The van der Waals surface area contributed by atoms with Gasteiger partial charge in [-0.25, -0.2) is 0 Å². The fraction of sp³-hybridized carbons (Fsp3) is 0.111. The molecule has 0 fully saturated rings. The normalized spacial score (nSPS) is 11.0. The summed E-state index contributed by atoms with van der Waals surface area (Å²) in [4.78, 5) is 0. The Bertz CT molecular complexity index is 450. The van der Waals surface area contributed by atoms with Gasteiger partial charge < -0.3 is 0 Å². The summed E-state index contributed by atoms with van der Waals surface area (Å²) in [6.45, 7) is 0. The van der Waals surface area contributed by atoms with Gasteiger partial charge in [0.15, 0.2) is 0 Å². The van der Waals surface area contributed by atoms with Gasteiger partial charge in [0.25, 0.3) is 0 Å². The van der Waals surface area contributed by atoms with E-state index in [0.717, 1.165) is 9.50 Å². The maximum absolute atomic E-state index is 6.15. The summed E-state index contributed by atoms with van der Waals surface area (Å²) >= 11 is 13.1. The summed E-state index contributed by atoms with van der Waals surface area (Å²) < 4.78 is 3.44. The fourth-order valence-electron chi connectivity index (χ4n) is 1.12. The van der Waals surface area contributed by atoms with Gasteiger partial charge in [0, 0.05) is 4.47 Å². The molecule has 0 aliphatic carbocycles. The van der Waals surface area contributed by atoms with Gasteiger partial charge in [-0.15, -0.1) is 23.1 Å². The number of rotatable bonds is 1. The lowest BCUT2D eigenvalue weighted by molar-refractivity contribution is 1.73. The highest BCUT2D eigenvalue weighted by atomic mass is 79.9. The van der Waals surface area contributed by atoms with Crippen LogP contribution < -0.4 is 0 Å². The Balaban J connectivity index is 2.76. The molecule has 1 heterocycles. The van der Waals surface area contributed by atoms with Gasteiger partial charge in [-0.2, -0.15) is 0 Å². The van der Waals surface area contributed by atoms with Crippen LogP contribution in [0.3, 0.4) is 0 Å². The Morgan fingerprint density at radius 2 is 2.23 bits per heavy atom. The molecule has 13 heavy (non-hydrogen) atoms. The van der Waals surface area contributed by atoms with Gasteiger partial charge in [0.05, 0.1) is 13.9 Å². The lowest BCUT2D eigenvalue weighted by Gasteiger charge is -1.95. The van der Waals surface area contributed by atoms with E-state index in [1.54, 1.807) is 23.1 Å². The number of hydrogen-bond acceptors (Lipinski definition) is 2. The molecule has 0 amide bonds. The zero-order valence-electron chi connectivity index (χ0n) is 6.80. The molecule has 4 heteroatoms. The zero-order valence-corrected chi connectivity index (χ0v) is 10.8. The number of halogens is 2. The topological polar surface area (TPSA) is 0 Å². The molecule has 0 nitrogen and oxygen atoms in total. The van der Waals surface area contributed by atoms with E-state index in [1.165, 1.54) is 14.3 Å². The molecule has 68 valence electrons. The molecule has 0 N–H and O–H groups in total. The van der Waals surface area contributed by atoms with Crippen molar-refractivity contribution in [2.24, 2.45) is 0 Å². The van der Waals surface area contributed by atoms with E-state index >= 15 is 0 Å². The van der Waals surface area contributed by atoms with Crippen molar-refractivity contribution in [3.63, 3.8) is 0 Å². The van der Waals surface area contributed by atoms with Crippen molar-refractivity contribution in [2.45, 2.75) is 4.21 Å². The molecular weight excluding hydrogens is 288 g/mol. The van der Waals surface area contributed by atoms with Crippen molar-refractivity contribution >= 4 is 60.7 Å². The average Bonchev–Trinajstić information content (AvgIpc) is 2.55. The summed E-state index contributed by atoms with van der Waals surface area (Å²) in [5.74, 6) is 0. The Morgan fingerprint density at radius 3 is 2.92 bits per heavy atom. The highest BCUT2D eigenvalue weighted by Crippen LogP contribution is 2.39. The Morgan fingerprint density at radius 1 is 1.46 bits per heavy atom. The van der Waals surface area contributed by atoms with Crippen LogP contribution in [0.5, 0.6) is 0 Å². The van der Waals surface area contributed by atoms with Crippen LogP contribution in [-0.4, -0.2) is 6.26 Å². The summed E-state index contributed by atoms with van der Waals surface area (Å²) in [6, 6.07) is 6.24. The smallest absolute Gasteiger partial charge is 0.0726 e. The molecule has 0 saturated carbocycles. The van der Waals surface area contributed by atoms with E-state index in [2.05, 4.69) is 34.3 Å². The van der Waals surface area contributed by atoms with E-state index in [1.807, 2.05) is 6.07 Å². The highest BCUT2D eigenvalue weighted by molar-refractivity contribution is 9.10. The minimum Gasteiger partial charge on any atom is -0.127 e. The molecule has 0 saturated heterocycles. The first-order valence-electron chi connectivity index (χ1n) is 3.64. The number of hydrogen-bond donors (Lipinski definition) is 0. The Hall–Kier alpha value is 0.300. The van der Waals surface area contributed by atoms with Gasteiger partial charge in [-0.1, -0.05) is 17.7 Å². The number of thiophene rings is 1. The van der Waals surface area contributed by atoms with Gasteiger partial charge >= 0.3 is 0 Å². The van der Waals surface area contributed by atoms with Gasteiger partial charge in [0.2, 0.25) is 0 Å². The van der Waals surface area contributed by atoms with E-state index < -0.39 is 0 Å². The minimum atomic E-state index is 0.822. The zero-order chi connectivity index (χ0) is 9.42. The fourth-order valence-corrected chi connectivity index (χ4v) is 3.53. The largest absolute Gasteiger partial charge is 0.127 e. The van der Waals surface area contributed by atoms with Gasteiger partial charge in [0.1, 0.15) is 0 Å². The monoisotopic (exact) mass is 292 g/mol.